The SMILES string of the molecule is O=C(O)c1coc(NC(=O)c2ccccc2OC(F)(F)F)n1. The van der Waals surface area contributed by atoms with Crippen molar-refractivity contribution in [3.05, 3.63) is 41.8 Å². The first kappa shape index (κ1) is 15.4. The predicted octanol–water partition coefficient (Wildman–Crippen LogP) is 2.52. The molecule has 0 fully saturated rings. The van der Waals surface area contributed by atoms with Gasteiger partial charge in [0.1, 0.15) is 12.0 Å². The van der Waals surface area contributed by atoms with Crippen LogP contribution in [-0.4, -0.2) is 28.3 Å². The second kappa shape index (κ2) is 5.76. The number of hydrogen-bond donors (Lipinski definition) is 2. The first-order chi connectivity index (χ1) is 10.3. The molecule has 7 nitrogen and oxygen atoms in total. The molecule has 1 aromatic heterocycles. The number of aromatic nitrogens is 1. The van der Waals surface area contributed by atoms with Gasteiger partial charge < -0.3 is 14.3 Å². The van der Waals surface area contributed by atoms with Crippen LogP contribution in [-0.2, 0) is 0 Å². The summed E-state index contributed by atoms with van der Waals surface area (Å²) in [5.74, 6) is -3.10. The lowest BCUT2D eigenvalue weighted by atomic mass is 10.2. The molecule has 0 aliphatic carbocycles. The summed E-state index contributed by atoms with van der Waals surface area (Å²) >= 11 is 0. The maximum atomic E-state index is 12.3. The van der Waals surface area contributed by atoms with E-state index in [4.69, 9.17) is 5.11 Å². The molecule has 0 unspecified atom stereocenters. The number of halogens is 3. The van der Waals surface area contributed by atoms with Gasteiger partial charge in [0.2, 0.25) is 0 Å². The second-order valence-electron chi connectivity index (χ2n) is 3.84. The second-order valence-corrected chi connectivity index (χ2v) is 3.84. The number of carboxylic acid groups (broad SMARTS) is 1. The number of hydrogen-bond acceptors (Lipinski definition) is 5. The topological polar surface area (TPSA) is 102 Å². The Morgan fingerprint density at radius 2 is 1.95 bits per heavy atom. The summed E-state index contributed by atoms with van der Waals surface area (Å²) in [5, 5.41) is 10.7. The van der Waals surface area contributed by atoms with E-state index in [9.17, 15) is 22.8 Å². The first-order valence-corrected chi connectivity index (χ1v) is 5.61. The van der Waals surface area contributed by atoms with Gasteiger partial charge in [-0.3, -0.25) is 10.1 Å². The van der Waals surface area contributed by atoms with Crippen molar-refractivity contribution in [1.29, 1.82) is 0 Å². The number of nitrogens with zero attached hydrogens (tertiary/aromatic N) is 1. The van der Waals surface area contributed by atoms with Gasteiger partial charge in [-0.25, -0.2) is 4.79 Å². The molecule has 0 radical (unpaired) electrons. The van der Waals surface area contributed by atoms with E-state index in [0.717, 1.165) is 18.4 Å². The average molecular weight is 316 g/mol. The van der Waals surface area contributed by atoms with Gasteiger partial charge in [0.05, 0.1) is 5.56 Å². The molecule has 2 aromatic rings. The van der Waals surface area contributed by atoms with Gasteiger partial charge in [-0.05, 0) is 12.1 Å². The molecular formula is C12H7F3N2O5. The maximum absolute atomic E-state index is 12.3. The molecule has 116 valence electrons. The predicted molar refractivity (Wildman–Crippen MR) is 64.5 cm³/mol. The number of carbonyl (C=O) groups is 2. The third kappa shape index (κ3) is 3.75. The van der Waals surface area contributed by atoms with Crippen LogP contribution in [0, 0.1) is 0 Å². The quantitative estimate of drug-likeness (QED) is 0.898. The van der Waals surface area contributed by atoms with Crippen molar-refractivity contribution in [1.82, 2.24) is 4.98 Å². The van der Waals surface area contributed by atoms with E-state index in [0.29, 0.717) is 0 Å². The summed E-state index contributed by atoms with van der Waals surface area (Å²) in [4.78, 5) is 25.9. The molecule has 0 atom stereocenters. The van der Waals surface area contributed by atoms with Gasteiger partial charge in [-0.1, -0.05) is 12.1 Å². The molecule has 22 heavy (non-hydrogen) atoms. The molecular weight excluding hydrogens is 309 g/mol. The van der Waals surface area contributed by atoms with Crippen LogP contribution in [0.4, 0.5) is 19.2 Å². The van der Waals surface area contributed by atoms with Crippen LogP contribution in [0.25, 0.3) is 0 Å². The Morgan fingerprint density at radius 1 is 1.27 bits per heavy atom. The monoisotopic (exact) mass is 316 g/mol. The Bertz CT molecular complexity index is 711. The van der Waals surface area contributed by atoms with Crippen LogP contribution in [0.1, 0.15) is 20.8 Å². The van der Waals surface area contributed by atoms with Gasteiger partial charge in [0.15, 0.2) is 5.69 Å². The lowest BCUT2D eigenvalue weighted by Gasteiger charge is -2.12. The minimum atomic E-state index is -4.96. The number of amides is 1. The molecule has 0 spiro atoms. The zero-order valence-corrected chi connectivity index (χ0v) is 10.5. The van der Waals surface area contributed by atoms with Crippen LogP contribution < -0.4 is 10.1 Å². The highest BCUT2D eigenvalue weighted by Gasteiger charge is 2.33. The zero-order chi connectivity index (χ0) is 16.3. The highest BCUT2D eigenvalue weighted by atomic mass is 19.4. The molecule has 1 heterocycles. The molecule has 2 rings (SSSR count). The summed E-state index contributed by atoms with van der Waals surface area (Å²) in [7, 11) is 0. The normalized spacial score (nSPS) is 11.0. The number of nitrogens with one attached hydrogen (secondary N) is 1. The number of aromatic carboxylic acids is 1. The number of para-hydroxylation sites is 1. The van der Waals surface area contributed by atoms with Gasteiger partial charge in [0, 0.05) is 0 Å². The zero-order valence-electron chi connectivity index (χ0n) is 10.5. The number of ether oxygens (including phenoxy) is 1. The number of carbonyl (C=O) groups excluding carboxylic acids is 1. The van der Waals surface area contributed by atoms with Crippen LogP contribution >= 0.6 is 0 Å². The molecule has 10 heteroatoms. The fourth-order valence-corrected chi connectivity index (χ4v) is 1.46. The highest BCUT2D eigenvalue weighted by molar-refractivity contribution is 6.05. The summed E-state index contributed by atoms with van der Waals surface area (Å²) in [6, 6.07) is 4.17. The van der Waals surface area contributed by atoms with Gasteiger partial charge in [0.25, 0.3) is 5.91 Å². The van der Waals surface area contributed by atoms with E-state index >= 15 is 0 Å². The molecule has 1 aromatic carbocycles. The third-order valence-electron chi connectivity index (χ3n) is 2.30. The minimum Gasteiger partial charge on any atom is -0.476 e. The Kier molecular flexibility index (Phi) is 4.02. The lowest BCUT2D eigenvalue weighted by Crippen LogP contribution is -2.21. The number of benzene rings is 1. The summed E-state index contributed by atoms with van der Waals surface area (Å²) in [6.45, 7) is 0. The van der Waals surface area contributed by atoms with Gasteiger partial charge >= 0.3 is 18.3 Å². The molecule has 0 bridgehead atoms. The smallest absolute Gasteiger partial charge is 0.476 e. The Balaban J connectivity index is 2.20. The van der Waals surface area contributed by atoms with Crippen LogP contribution in [0.3, 0.4) is 0 Å². The lowest BCUT2D eigenvalue weighted by molar-refractivity contribution is -0.274. The van der Waals surface area contributed by atoms with E-state index in [-0.39, 0.29) is 0 Å². The van der Waals surface area contributed by atoms with E-state index in [1.807, 2.05) is 5.32 Å². The molecule has 0 saturated heterocycles. The molecule has 0 aliphatic rings. The maximum Gasteiger partial charge on any atom is 0.573 e. The standard InChI is InChI=1S/C12H7F3N2O5/c13-12(14,15)22-8-4-2-1-3-6(8)9(18)17-11-16-7(5-21-11)10(19)20/h1-5H,(H,19,20)(H,16,17,18). The summed E-state index contributed by atoms with van der Waals surface area (Å²) in [5.41, 5.74) is -0.884. The molecule has 0 aliphatic heterocycles. The number of carboxylic acids is 1. The summed E-state index contributed by atoms with van der Waals surface area (Å²) < 4.78 is 45.2. The van der Waals surface area contributed by atoms with Crippen molar-refractivity contribution in [3.8, 4) is 5.75 Å². The van der Waals surface area contributed by atoms with Crippen LogP contribution in [0.15, 0.2) is 34.9 Å². The van der Waals surface area contributed by atoms with E-state index < -0.39 is 41.3 Å². The largest absolute Gasteiger partial charge is 0.573 e. The fraction of sp³-hybridized carbons (Fsp3) is 0.0833. The van der Waals surface area contributed by atoms with Crippen molar-refractivity contribution in [2.45, 2.75) is 6.36 Å². The van der Waals surface area contributed by atoms with Crippen molar-refractivity contribution in [3.63, 3.8) is 0 Å². The van der Waals surface area contributed by atoms with Crippen LogP contribution in [0.2, 0.25) is 0 Å². The number of anilines is 1. The Morgan fingerprint density at radius 3 is 2.55 bits per heavy atom. The third-order valence-corrected chi connectivity index (χ3v) is 2.30. The van der Waals surface area contributed by atoms with Crippen molar-refractivity contribution in [2.24, 2.45) is 0 Å². The Labute approximate surface area is 120 Å². The van der Waals surface area contributed by atoms with Crippen molar-refractivity contribution < 1.29 is 37.0 Å². The van der Waals surface area contributed by atoms with E-state index in [1.165, 1.54) is 12.1 Å². The number of alkyl halides is 3. The molecule has 2 N–H and O–H groups in total. The highest BCUT2D eigenvalue weighted by Crippen LogP contribution is 2.26. The Hall–Kier alpha value is -3.04. The van der Waals surface area contributed by atoms with Crippen LogP contribution in [0.5, 0.6) is 5.75 Å². The summed E-state index contributed by atoms with van der Waals surface area (Å²) in [6.07, 6.45) is -4.19. The van der Waals surface area contributed by atoms with Crippen molar-refractivity contribution in [2.75, 3.05) is 5.32 Å². The number of rotatable bonds is 4. The van der Waals surface area contributed by atoms with E-state index in [2.05, 4.69) is 14.1 Å². The van der Waals surface area contributed by atoms with Crippen molar-refractivity contribution >= 4 is 17.9 Å². The molecule has 1 amide bonds. The van der Waals surface area contributed by atoms with Gasteiger partial charge in [-0.15, -0.1) is 13.2 Å². The number of oxazole rings is 1. The minimum absolute atomic E-state index is 0.421. The average Bonchev–Trinajstić information content (AvgIpc) is 2.86. The van der Waals surface area contributed by atoms with E-state index in [1.54, 1.807) is 0 Å². The van der Waals surface area contributed by atoms with Gasteiger partial charge in [-0.2, -0.15) is 4.98 Å². The first-order valence-electron chi connectivity index (χ1n) is 5.61. The fourth-order valence-electron chi connectivity index (χ4n) is 1.46. The molecule has 0 saturated carbocycles.